The zero-order valence-electron chi connectivity index (χ0n) is 14.4. The van der Waals surface area contributed by atoms with Gasteiger partial charge in [0.2, 0.25) is 11.8 Å². The SMILES string of the molecule is O=C(CN1CCCCCCC1=O)NC[C@H](O)c1ccccc1C(F)(F)F. The lowest BCUT2D eigenvalue weighted by molar-refractivity contribution is -0.139. The number of hydrogen-bond donors (Lipinski definition) is 2. The number of carbonyl (C=O) groups excluding carboxylic acids is 2. The van der Waals surface area contributed by atoms with Gasteiger partial charge in [0.25, 0.3) is 0 Å². The summed E-state index contributed by atoms with van der Waals surface area (Å²) in [6, 6.07) is 4.71. The fourth-order valence-corrected chi connectivity index (χ4v) is 2.98. The number of likely N-dealkylation sites (tertiary alicyclic amines) is 1. The molecular weight excluding hydrogens is 349 g/mol. The molecule has 5 nitrogen and oxygen atoms in total. The van der Waals surface area contributed by atoms with Crippen molar-refractivity contribution >= 4 is 11.8 Å². The molecule has 0 aromatic heterocycles. The fraction of sp³-hybridized carbons (Fsp3) is 0.556. The van der Waals surface area contributed by atoms with Crippen molar-refractivity contribution in [2.45, 2.75) is 44.4 Å². The molecule has 2 amide bonds. The number of alkyl halides is 3. The van der Waals surface area contributed by atoms with Crippen LogP contribution in [0, 0.1) is 0 Å². The molecule has 0 radical (unpaired) electrons. The van der Waals surface area contributed by atoms with Crippen LogP contribution in [0.25, 0.3) is 0 Å². The first-order valence-corrected chi connectivity index (χ1v) is 8.67. The third-order valence-corrected chi connectivity index (χ3v) is 4.37. The summed E-state index contributed by atoms with van der Waals surface area (Å²) in [6.07, 6.45) is -2.06. The van der Waals surface area contributed by atoms with Gasteiger partial charge in [-0.25, -0.2) is 0 Å². The Balaban J connectivity index is 1.92. The van der Waals surface area contributed by atoms with Crippen molar-refractivity contribution in [2.24, 2.45) is 0 Å². The van der Waals surface area contributed by atoms with Gasteiger partial charge in [-0.05, 0) is 24.5 Å². The lowest BCUT2D eigenvalue weighted by Crippen LogP contribution is -2.42. The number of amides is 2. The number of aliphatic hydroxyl groups is 1. The van der Waals surface area contributed by atoms with Crippen molar-refractivity contribution in [2.75, 3.05) is 19.6 Å². The molecule has 1 saturated heterocycles. The minimum absolute atomic E-state index is 0.0946. The zero-order valence-corrected chi connectivity index (χ0v) is 14.4. The standard InChI is InChI=1S/C18H23F3N2O3/c19-18(20,21)14-8-5-4-7-13(14)15(24)11-22-16(25)12-23-10-6-2-1-3-9-17(23)26/h4-5,7-8,15,24H,1-3,6,9-12H2,(H,22,25)/t15-/m0/s1. The van der Waals surface area contributed by atoms with E-state index < -0.39 is 23.8 Å². The van der Waals surface area contributed by atoms with E-state index in [1.165, 1.54) is 23.1 Å². The second kappa shape index (κ2) is 9.02. The summed E-state index contributed by atoms with van der Waals surface area (Å²) < 4.78 is 39.0. The third-order valence-electron chi connectivity index (χ3n) is 4.37. The van der Waals surface area contributed by atoms with Gasteiger partial charge in [-0.1, -0.05) is 31.0 Å². The van der Waals surface area contributed by atoms with E-state index in [9.17, 15) is 27.9 Å². The van der Waals surface area contributed by atoms with Crippen LogP contribution in [0.4, 0.5) is 13.2 Å². The highest BCUT2D eigenvalue weighted by Gasteiger charge is 2.34. The van der Waals surface area contributed by atoms with E-state index in [2.05, 4.69) is 5.32 Å². The summed E-state index contributed by atoms with van der Waals surface area (Å²) in [5, 5.41) is 12.5. The highest BCUT2D eigenvalue weighted by Crippen LogP contribution is 2.34. The normalized spacial score (nSPS) is 17.4. The Morgan fingerprint density at radius 1 is 1.19 bits per heavy atom. The maximum atomic E-state index is 13.0. The average molecular weight is 372 g/mol. The highest BCUT2D eigenvalue weighted by molar-refractivity contribution is 5.84. The molecular formula is C18H23F3N2O3. The smallest absolute Gasteiger partial charge is 0.387 e. The van der Waals surface area contributed by atoms with Gasteiger partial charge in [-0.15, -0.1) is 0 Å². The van der Waals surface area contributed by atoms with Crippen LogP contribution in [0.2, 0.25) is 0 Å². The number of rotatable bonds is 5. The van der Waals surface area contributed by atoms with Crippen LogP contribution in [0.3, 0.4) is 0 Å². The second-order valence-electron chi connectivity index (χ2n) is 6.38. The van der Waals surface area contributed by atoms with Gasteiger partial charge in [0.1, 0.15) is 0 Å². The molecule has 26 heavy (non-hydrogen) atoms. The first-order valence-electron chi connectivity index (χ1n) is 8.67. The fourth-order valence-electron chi connectivity index (χ4n) is 2.98. The van der Waals surface area contributed by atoms with Crippen molar-refractivity contribution in [1.29, 1.82) is 0 Å². The number of benzene rings is 1. The first kappa shape index (κ1) is 20.2. The summed E-state index contributed by atoms with van der Waals surface area (Å²) in [5.41, 5.74) is -1.22. The van der Waals surface area contributed by atoms with Gasteiger partial charge in [-0.3, -0.25) is 9.59 Å². The first-order chi connectivity index (χ1) is 12.3. The summed E-state index contributed by atoms with van der Waals surface area (Å²) in [5.74, 6) is -0.592. The number of nitrogens with zero attached hydrogens (tertiary/aromatic N) is 1. The van der Waals surface area contributed by atoms with E-state index in [-0.39, 0.29) is 24.6 Å². The number of carbonyl (C=O) groups is 2. The second-order valence-corrected chi connectivity index (χ2v) is 6.38. The lowest BCUT2D eigenvalue weighted by Gasteiger charge is -2.24. The van der Waals surface area contributed by atoms with Gasteiger partial charge in [-0.2, -0.15) is 13.2 Å². The average Bonchev–Trinajstić information content (AvgIpc) is 2.58. The molecule has 8 heteroatoms. The number of halogens is 3. The predicted octanol–water partition coefficient (Wildman–Crippen LogP) is 2.65. The summed E-state index contributed by atoms with van der Waals surface area (Å²) in [6.45, 7) is -0.00780. The number of aliphatic hydroxyl groups excluding tert-OH is 1. The van der Waals surface area contributed by atoms with E-state index in [0.29, 0.717) is 13.0 Å². The van der Waals surface area contributed by atoms with Crippen molar-refractivity contribution in [3.05, 3.63) is 35.4 Å². The van der Waals surface area contributed by atoms with Crippen LogP contribution in [-0.4, -0.2) is 41.5 Å². The molecule has 2 rings (SSSR count). The monoisotopic (exact) mass is 372 g/mol. The molecule has 1 aromatic carbocycles. The minimum atomic E-state index is -4.58. The predicted molar refractivity (Wildman–Crippen MR) is 89.1 cm³/mol. The molecule has 1 aromatic rings. The lowest BCUT2D eigenvalue weighted by atomic mass is 10.0. The quantitative estimate of drug-likeness (QED) is 0.835. The molecule has 144 valence electrons. The van der Waals surface area contributed by atoms with Crippen LogP contribution in [0.15, 0.2) is 24.3 Å². The van der Waals surface area contributed by atoms with Crippen molar-refractivity contribution < 1.29 is 27.9 Å². The molecule has 0 bridgehead atoms. The van der Waals surface area contributed by atoms with E-state index in [4.69, 9.17) is 0 Å². The van der Waals surface area contributed by atoms with Gasteiger partial charge in [0.05, 0.1) is 18.2 Å². The molecule has 2 N–H and O–H groups in total. The largest absolute Gasteiger partial charge is 0.416 e. The van der Waals surface area contributed by atoms with Crippen molar-refractivity contribution in [3.63, 3.8) is 0 Å². The molecule has 1 aliphatic heterocycles. The van der Waals surface area contributed by atoms with Crippen LogP contribution < -0.4 is 5.32 Å². The Labute approximate surface area is 150 Å². The van der Waals surface area contributed by atoms with Crippen LogP contribution in [-0.2, 0) is 15.8 Å². The number of nitrogens with one attached hydrogen (secondary N) is 1. The molecule has 1 fully saturated rings. The molecule has 0 aliphatic carbocycles. The Bertz CT molecular complexity index is 634. The third kappa shape index (κ3) is 5.72. The van der Waals surface area contributed by atoms with Gasteiger partial charge < -0.3 is 15.3 Å². The van der Waals surface area contributed by atoms with Gasteiger partial charge in [0, 0.05) is 19.5 Å². The van der Waals surface area contributed by atoms with Crippen LogP contribution in [0.5, 0.6) is 0 Å². The summed E-state index contributed by atoms with van der Waals surface area (Å²) in [4.78, 5) is 25.5. The van der Waals surface area contributed by atoms with E-state index >= 15 is 0 Å². The topological polar surface area (TPSA) is 69.6 Å². The van der Waals surface area contributed by atoms with Gasteiger partial charge in [0.15, 0.2) is 0 Å². The Morgan fingerprint density at radius 2 is 1.88 bits per heavy atom. The number of hydrogen-bond acceptors (Lipinski definition) is 3. The summed E-state index contributed by atoms with van der Waals surface area (Å²) in [7, 11) is 0. The van der Waals surface area contributed by atoms with E-state index in [0.717, 1.165) is 31.7 Å². The van der Waals surface area contributed by atoms with E-state index in [1.807, 2.05) is 0 Å². The van der Waals surface area contributed by atoms with Crippen LogP contribution in [0.1, 0.15) is 49.3 Å². The minimum Gasteiger partial charge on any atom is -0.387 e. The molecule has 0 unspecified atom stereocenters. The molecule has 0 saturated carbocycles. The van der Waals surface area contributed by atoms with Crippen LogP contribution >= 0.6 is 0 Å². The van der Waals surface area contributed by atoms with Gasteiger partial charge >= 0.3 is 6.18 Å². The summed E-state index contributed by atoms with van der Waals surface area (Å²) >= 11 is 0. The highest BCUT2D eigenvalue weighted by atomic mass is 19.4. The molecule has 1 heterocycles. The molecule has 1 atom stereocenters. The van der Waals surface area contributed by atoms with Crippen molar-refractivity contribution in [1.82, 2.24) is 10.2 Å². The Kier molecular flexibility index (Phi) is 7.02. The zero-order chi connectivity index (χ0) is 19.2. The molecule has 0 spiro atoms. The maximum Gasteiger partial charge on any atom is 0.416 e. The van der Waals surface area contributed by atoms with E-state index in [1.54, 1.807) is 0 Å². The Morgan fingerprint density at radius 3 is 2.62 bits per heavy atom. The molecule has 1 aliphatic rings. The Hall–Kier alpha value is -2.09. The maximum absolute atomic E-state index is 13.0. The van der Waals surface area contributed by atoms with Crippen molar-refractivity contribution in [3.8, 4) is 0 Å².